The first-order chi connectivity index (χ1) is 14.0. The monoisotopic (exact) mass is 412 g/mol. The van der Waals surface area contributed by atoms with Gasteiger partial charge in [0.25, 0.3) is 0 Å². The summed E-state index contributed by atoms with van der Waals surface area (Å²) < 4.78 is 14.3. The second kappa shape index (κ2) is 8.16. The van der Waals surface area contributed by atoms with Crippen LogP contribution < -0.4 is 15.5 Å². The maximum Gasteiger partial charge on any atom is 0.229 e. The van der Waals surface area contributed by atoms with Crippen molar-refractivity contribution in [1.29, 1.82) is 0 Å². The molecule has 29 heavy (non-hydrogen) atoms. The summed E-state index contributed by atoms with van der Waals surface area (Å²) in [5.41, 5.74) is 2.06. The summed E-state index contributed by atoms with van der Waals surface area (Å²) in [5, 5.41) is 6.47. The van der Waals surface area contributed by atoms with Gasteiger partial charge in [-0.15, -0.1) is 0 Å². The van der Waals surface area contributed by atoms with E-state index in [9.17, 15) is 14.0 Å². The van der Waals surface area contributed by atoms with Gasteiger partial charge in [0.1, 0.15) is 5.82 Å². The molecule has 6 nitrogen and oxygen atoms in total. The molecular formula is C21H21FN4O2S. The summed E-state index contributed by atoms with van der Waals surface area (Å²) in [5.74, 6) is -0.657. The lowest BCUT2D eigenvalue weighted by Gasteiger charge is -2.31. The second-order valence-electron chi connectivity index (χ2n) is 7.14. The van der Waals surface area contributed by atoms with Crippen molar-refractivity contribution in [2.75, 3.05) is 28.6 Å². The van der Waals surface area contributed by atoms with Gasteiger partial charge in [-0.25, -0.2) is 9.37 Å². The fraction of sp³-hybridized carbons (Fsp3) is 0.286. The summed E-state index contributed by atoms with van der Waals surface area (Å²) in [4.78, 5) is 30.7. The van der Waals surface area contributed by atoms with Crippen molar-refractivity contribution in [3.8, 4) is 0 Å². The normalized spacial score (nSPS) is 16.6. The number of carbonyl (C=O) groups is 2. The van der Waals surface area contributed by atoms with E-state index in [1.807, 2.05) is 0 Å². The summed E-state index contributed by atoms with van der Waals surface area (Å²) in [6, 6.07) is 11.7. The molecule has 8 heteroatoms. The molecule has 1 aliphatic heterocycles. The zero-order valence-corrected chi connectivity index (χ0v) is 16.8. The number of thiazole rings is 1. The molecule has 1 unspecified atom stereocenters. The van der Waals surface area contributed by atoms with E-state index < -0.39 is 0 Å². The molecule has 0 radical (unpaired) electrons. The minimum Gasteiger partial charge on any atom is -0.347 e. The Labute approximate surface area is 171 Å². The molecule has 1 atom stereocenters. The molecular weight excluding hydrogens is 391 g/mol. The average Bonchev–Trinajstić information content (AvgIpc) is 3.11. The molecule has 0 saturated carbocycles. The van der Waals surface area contributed by atoms with E-state index in [0.717, 1.165) is 34.7 Å². The van der Waals surface area contributed by atoms with Crippen molar-refractivity contribution >= 4 is 49.9 Å². The van der Waals surface area contributed by atoms with Crippen molar-refractivity contribution in [3.63, 3.8) is 0 Å². The number of benzene rings is 2. The Morgan fingerprint density at radius 3 is 2.76 bits per heavy atom. The van der Waals surface area contributed by atoms with Crippen molar-refractivity contribution < 1.29 is 14.0 Å². The summed E-state index contributed by atoms with van der Waals surface area (Å²) in [7, 11) is 0. The second-order valence-corrected chi connectivity index (χ2v) is 8.15. The average molecular weight is 412 g/mol. The van der Waals surface area contributed by atoms with Crippen LogP contribution in [0.2, 0.25) is 0 Å². The number of carbonyl (C=O) groups excluding carboxylic acids is 2. The van der Waals surface area contributed by atoms with E-state index in [-0.39, 0.29) is 23.5 Å². The lowest BCUT2D eigenvalue weighted by Crippen LogP contribution is -2.40. The summed E-state index contributed by atoms with van der Waals surface area (Å²) in [6.07, 6.45) is 1.68. The Morgan fingerprint density at radius 1 is 1.17 bits per heavy atom. The standard InChI is InChI=1S/C21H21FN4O2S/c1-13(27)23-16-5-2-6-17(11-16)24-20(28)14-4-3-9-26(12-14)21-25-18-8-7-15(22)10-19(18)29-21/h2,5-8,10-11,14H,3-4,9,12H2,1H3,(H,23,27)(H,24,28). The van der Waals surface area contributed by atoms with E-state index in [4.69, 9.17) is 0 Å². The van der Waals surface area contributed by atoms with Crippen molar-refractivity contribution in [1.82, 2.24) is 4.98 Å². The smallest absolute Gasteiger partial charge is 0.229 e. The number of halogens is 1. The van der Waals surface area contributed by atoms with E-state index in [0.29, 0.717) is 17.9 Å². The number of rotatable bonds is 4. The van der Waals surface area contributed by atoms with E-state index in [2.05, 4.69) is 20.5 Å². The number of anilines is 3. The number of amides is 2. The van der Waals surface area contributed by atoms with Crippen molar-refractivity contribution in [3.05, 3.63) is 48.3 Å². The van der Waals surface area contributed by atoms with Gasteiger partial charge in [0.15, 0.2) is 5.13 Å². The van der Waals surface area contributed by atoms with Gasteiger partial charge in [-0.1, -0.05) is 17.4 Å². The third-order valence-electron chi connectivity index (χ3n) is 4.85. The molecule has 1 saturated heterocycles. The molecule has 2 heterocycles. The maximum absolute atomic E-state index is 13.5. The molecule has 1 aliphatic rings. The topological polar surface area (TPSA) is 74.3 Å². The lowest BCUT2D eigenvalue weighted by molar-refractivity contribution is -0.120. The number of aromatic nitrogens is 1. The highest BCUT2D eigenvalue weighted by Gasteiger charge is 2.27. The molecule has 0 spiro atoms. The largest absolute Gasteiger partial charge is 0.347 e. The van der Waals surface area contributed by atoms with Gasteiger partial charge in [-0.3, -0.25) is 9.59 Å². The van der Waals surface area contributed by atoms with Crippen LogP contribution in [0.4, 0.5) is 20.9 Å². The SMILES string of the molecule is CC(=O)Nc1cccc(NC(=O)C2CCCN(c3nc4ccc(F)cc4s3)C2)c1. The Kier molecular flexibility index (Phi) is 5.44. The highest BCUT2D eigenvalue weighted by molar-refractivity contribution is 7.22. The number of hydrogen-bond donors (Lipinski definition) is 2. The highest BCUT2D eigenvalue weighted by atomic mass is 32.1. The van der Waals surface area contributed by atoms with Crippen LogP contribution >= 0.6 is 11.3 Å². The van der Waals surface area contributed by atoms with Gasteiger partial charge in [-0.05, 0) is 49.2 Å². The summed E-state index contributed by atoms with van der Waals surface area (Å²) >= 11 is 1.45. The Hall–Kier alpha value is -3.00. The molecule has 4 rings (SSSR count). The van der Waals surface area contributed by atoms with Crippen LogP contribution in [0.15, 0.2) is 42.5 Å². The van der Waals surface area contributed by atoms with Crippen LogP contribution in [0, 0.1) is 11.7 Å². The molecule has 2 N–H and O–H groups in total. The van der Waals surface area contributed by atoms with Crippen LogP contribution in [0.25, 0.3) is 10.2 Å². The fourth-order valence-electron chi connectivity index (χ4n) is 3.51. The van der Waals surface area contributed by atoms with Crippen LogP contribution in [-0.4, -0.2) is 29.9 Å². The number of piperidine rings is 1. The van der Waals surface area contributed by atoms with Gasteiger partial charge in [-0.2, -0.15) is 0 Å². The first-order valence-corrected chi connectivity index (χ1v) is 10.3. The number of hydrogen-bond acceptors (Lipinski definition) is 5. The summed E-state index contributed by atoms with van der Waals surface area (Å²) in [6.45, 7) is 2.84. The quantitative estimate of drug-likeness (QED) is 0.672. The Morgan fingerprint density at radius 2 is 1.97 bits per heavy atom. The highest BCUT2D eigenvalue weighted by Crippen LogP contribution is 2.32. The molecule has 0 aliphatic carbocycles. The first-order valence-electron chi connectivity index (χ1n) is 9.47. The van der Waals surface area contributed by atoms with Gasteiger partial charge >= 0.3 is 0 Å². The van der Waals surface area contributed by atoms with Crippen LogP contribution in [-0.2, 0) is 9.59 Å². The van der Waals surface area contributed by atoms with E-state index in [1.165, 1.54) is 30.4 Å². The van der Waals surface area contributed by atoms with Crippen LogP contribution in [0.3, 0.4) is 0 Å². The van der Waals surface area contributed by atoms with Gasteiger partial charge < -0.3 is 15.5 Å². The molecule has 1 aromatic heterocycles. The molecule has 0 bridgehead atoms. The lowest BCUT2D eigenvalue weighted by atomic mass is 9.97. The molecule has 2 aromatic carbocycles. The molecule has 150 valence electrons. The van der Waals surface area contributed by atoms with E-state index >= 15 is 0 Å². The number of nitrogens with zero attached hydrogens (tertiary/aromatic N) is 2. The maximum atomic E-state index is 13.5. The molecule has 1 fully saturated rings. The van der Waals surface area contributed by atoms with Crippen molar-refractivity contribution in [2.24, 2.45) is 5.92 Å². The predicted molar refractivity (Wildman–Crippen MR) is 114 cm³/mol. The zero-order chi connectivity index (χ0) is 20.4. The van der Waals surface area contributed by atoms with Gasteiger partial charge in [0.2, 0.25) is 11.8 Å². The fourth-order valence-corrected chi connectivity index (χ4v) is 4.53. The van der Waals surface area contributed by atoms with Crippen LogP contribution in [0.1, 0.15) is 19.8 Å². The number of fused-ring (bicyclic) bond motifs is 1. The minimum atomic E-state index is -0.273. The Balaban J connectivity index is 1.45. The molecule has 3 aromatic rings. The van der Waals surface area contributed by atoms with Crippen LogP contribution in [0.5, 0.6) is 0 Å². The Bertz CT molecular complexity index is 1070. The van der Waals surface area contributed by atoms with Gasteiger partial charge in [0, 0.05) is 31.4 Å². The first kappa shape index (κ1) is 19.3. The third kappa shape index (κ3) is 4.54. The molecule has 2 amide bonds. The van der Waals surface area contributed by atoms with Crippen molar-refractivity contribution in [2.45, 2.75) is 19.8 Å². The van der Waals surface area contributed by atoms with Gasteiger partial charge in [0.05, 0.1) is 16.1 Å². The minimum absolute atomic E-state index is 0.0539. The van der Waals surface area contributed by atoms with E-state index in [1.54, 1.807) is 30.3 Å². The predicted octanol–water partition coefficient (Wildman–Crippen LogP) is 4.25. The number of nitrogens with one attached hydrogen (secondary N) is 2. The zero-order valence-electron chi connectivity index (χ0n) is 15.9. The third-order valence-corrected chi connectivity index (χ3v) is 5.93.